The van der Waals surface area contributed by atoms with Gasteiger partial charge in [0.25, 0.3) is 5.91 Å². The van der Waals surface area contributed by atoms with Crippen molar-refractivity contribution in [1.29, 1.82) is 0 Å². The van der Waals surface area contributed by atoms with Crippen molar-refractivity contribution in [2.75, 3.05) is 19.7 Å². The van der Waals surface area contributed by atoms with E-state index in [2.05, 4.69) is 5.16 Å². The topological polar surface area (TPSA) is 55.6 Å². The van der Waals surface area contributed by atoms with Crippen LogP contribution in [0.4, 0.5) is 0 Å². The molecule has 1 saturated heterocycles. The van der Waals surface area contributed by atoms with Gasteiger partial charge in [0.15, 0.2) is 11.5 Å². The third-order valence-electron chi connectivity index (χ3n) is 3.94. The normalized spacial score (nSPS) is 18.2. The Morgan fingerprint density at radius 3 is 3.09 bits per heavy atom. The Bertz CT molecular complexity index is 684. The fourth-order valence-electron chi connectivity index (χ4n) is 2.82. The highest BCUT2D eigenvalue weighted by Crippen LogP contribution is 2.28. The standard InChI is InChI=1S/C17H19ClN2O3/c1-2-22-12-6-5-9-20(11-12)17(21)15-10-16(23-19-15)13-7-3-4-8-14(13)18/h3-4,7-8,10,12H,2,5-6,9,11H2,1H3/t12-/m0/s1. The van der Waals surface area contributed by atoms with E-state index in [4.69, 9.17) is 20.9 Å². The number of amides is 1. The average Bonchev–Trinajstić information content (AvgIpc) is 3.05. The maximum atomic E-state index is 12.6. The molecule has 0 aliphatic carbocycles. The van der Waals surface area contributed by atoms with Gasteiger partial charge in [-0.2, -0.15) is 0 Å². The second kappa shape index (κ2) is 7.15. The second-order valence-electron chi connectivity index (χ2n) is 5.53. The lowest BCUT2D eigenvalue weighted by molar-refractivity contribution is 0.00689. The number of halogens is 1. The Morgan fingerprint density at radius 2 is 2.30 bits per heavy atom. The number of aromatic nitrogens is 1. The van der Waals surface area contributed by atoms with E-state index in [0.29, 0.717) is 29.6 Å². The first-order valence-corrected chi connectivity index (χ1v) is 8.19. The summed E-state index contributed by atoms with van der Waals surface area (Å²) in [6.07, 6.45) is 2.03. The van der Waals surface area contributed by atoms with Gasteiger partial charge in [0.1, 0.15) is 0 Å². The molecule has 0 spiro atoms. The van der Waals surface area contributed by atoms with E-state index in [1.807, 2.05) is 25.1 Å². The van der Waals surface area contributed by atoms with Crippen molar-refractivity contribution < 1.29 is 14.1 Å². The summed E-state index contributed by atoms with van der Waals surface area (Å²) in [5.41, 5.74) is 1.03. The van der Waals surface area contributed by atoms with Crippen molar-refractivity contribution in [3.8, 4) is 11.3 Å². The Balaban J connectivity index is 1.75. The number of rotatable bonds is 4. The molecular formula is C17H19ClN2O3. The van der Waals surface area contributed by atoms with Gasteiger partial charge < -0.3 is 14.2 Å². The summed E-state index contributed by atoms with van der Waals surface area (Å²) < 4.78 is 10.9. The van der Waals surface area contributed by atoms with E-state index in [9.17, 15) is 4.79 Å². The molecule has 0 saturated carbocycles. The van der Waals surface area contributed by atoms with Gasteiger partial charge in [-0.1, -0.05) is 28.9 Å². The molecule has 2 aromatic rings. The predicted molar refractivity (Wildman–Crippen MR) is 87.5 cm³/mol. The Hall–Kier alpha value is -1.85. The van der Waals surface area contributed by atoms with Crippen molar-refractivity contribution in [2.24, 2.45) is 0 Å². The van der Waals surface area contributed by atoms with E-state index in [-0.39, 0.29) is 12.0 Å². The summed E-state index contributed by atoms with van der Waals surface area (Å²) in [7, 11) is 0. The number of hydrogen-bond acceptors (Lipinski definition) is 4. The number of carbonyl (C=O) groups is 1. The molecule has 1 fully saturated rings. The monoisotopic (exact) mass is 334 g/mol. The highest BCUT2D eigenvalue weighted by atomic mass is 35.5. The second-order valence-corrected chi connectivity index (χ2v) is 5.93. The summed E-state index contributed by atoms with van der Waals surface area (Å²) in [5, 5.41) is 4.48. The average molecular weight is 335 g/mol. The van der Waals surface area contributed by atoms with Crippen LogP contribution < -0.4 is 0 Å². The lowest BCUT2D eigenvalue weighted by atomic mass is 10.1. The minimum Gasteiger partial charge on any atom is -0.377 e. The zero-order valence-electron chi connectivity index (χ0n) is 13.0. The quantitative estimate of drug-likeness (QED) is 0.856. The fraction of sp³-hybridized carbons (Fsp3) is 0.412. The van der Waals surface area contributed by atoms with Gasteiger partial charge in [0.05, 0.1) is 11.1 Å². The summed E-state index contributed by atoms with van der Waals surface area (Å²) in [6.45, 7) is 3.94. The van der Waals surface area contributed by atoms with Crippen molar-refractivity contribution in [3.63, 3.8) is 0 Å². The van der Waals surface area contributed by atoms with Gasteiger partial charge in [-0.15, -0.1) is 0 Å². The molecule has 3 rings (SSSR count). The van der Waals surface area contributed by atoms with Crippen LogP contribution in [0.2, 0.25) is 5.02 Å². The number of piperidine rings is 1. The molecule has 2 heterocycles. The number of hydrogen-bond donors (Lipinski definition) is 0. The summed E-state index contributed by atoms with van der Waals surface area (Å²) >= 11 is 6.15. The fourth-order valence-corrected chi connectivity index (χ4v) is 3.05. The zero-order valence-corrected chi connectivity index (χ0v) is 13.8. The van der Waals surface area contributed by atoms with Crippen LogP contribution in [0.15, 0.2) is 34.9 Å². The van der Waals surface area contributed by atoms with Crippen molar-refractivity contribution in [2.45, 2.75) is 25.9 Å². The third-order valence-corrected chi connectivity index (χ3v) is 4.27. The van der Waals surface area contributed by atoms with Gasteiger partial charge in [-0.25, -0.2) is 0 Å². The number of benzene rings is 1. The molecule has 1 aromatic carbocycles. The molecule has 1 aromatic heterocycles. The zero-order chi connectivity index (χ0) is 16.2. The van der Waals surface area contributed by atoms with Crippen LogP contribution in [-0.4, -0.2) is 41.8 Å². The molecule has 1 amide bonds. The lowest BCUT2D eigenvalue weighted by Crippen LogP contribution is -2.43. The molecule has 5 nitrogen and oxygen atoms in total. The van der Waals surface area contributed by atoms with Crippen molar-refractivity contribution in [3.05, 3.63) is 41.0 Å². The van der Waals surface area contributed by atoms with Crippen molar-refractivity contribution in [1.82, 2.24) is 10.1 Å². The van der Waals surface area contributed by atoms with Crippen LogP contribution in [0, 0.1) is 0 Å². The van der Waals surface area contributed by atoms with E-state index in [0.717, 1.165) is 24.9 Å². The number of ether oxygens (including phenoxy) is 1. The van der Waals surface area contributed by atoms with Gasteiger partial charge >= 0.3 is 0 Å². The molecular weight excluding hydrogens is 316 g/mol. The maximum absolute atomic E-state index is 12.6. The molecule has 1 aliphatic heterocycles. The third kappa shape index (κ3) is 3.57. The van der Waals surface area contributed by atoms with Crippen molar-refractivity contribution >= 4 is 17.5 Å². The first kappa shape index (κ1) is 16.0. The number of carbonyl (C=O) groups excluding carboxylic acids is 1. The Kier molecular flexibility index (Phi) is 4.98. The van der Waals surface area contributed by atoms with Crippen LogP contribution in [0.25, 0.3) is 11.3 Å². The highest BCUT2D eigenvalue weighted by molar-refractivity contribution is 6.33. The first-order chi connectivity index (χ1) is 11.2. The molecule has 1 aliphatic rings. The summed E-state index contributed by atoms with van der Waals surface area (Å²) in [4.78, 5) is 14.4. The van der Waals surface area contributed by atoms with Crippen LogP contribution in [-0.2, 0) is 4.74 Å². The predicted octanol–water partition coefficient (Wildman–Crippen LogP) is 3.64. The molecule has 0 unspecified atom stereocenters. The maximum Gasteiger partial charge on any atom is 0.276 e. The molecule has 1 atom stereocenters. The van der Waals surface area contributed by atoms with Gasteiger partial charge in [0, 0.05) is 31.3 Å². The van der Waals surface area contributed by atoms with Crippen LogP contribution in [0.1, 0.15) is 30.3 Å². The molecule has 0 bridgehead atoms. The van der Waals surface area contributed by atoms with Crippen LogP contribution in [0.3, 0.4) is 0 Å². The van der Waals surface area contributed by atoms with Gasteiger partial charge in [-0.3, -0.25) is 4.79 Å². The minimum atomic E-state index is -0.128. The van der Waals surface area contributed by atoms with E-state index >= 15 is 0 Å². The summed E-state index contributed by atoms with van der Waals surface area (Å²) in [6, 6.07) is 8.97. The van der Waals surface area contributed by atoms with E-state index in [1.54, 1.807) is 17.0 Å². The Labute approximate surface area is 140 Å². The first-order valence-electron chi connectivity index (χ1n) is 7.81. The molecule has 23 heavy (non-hydrogen) atoms. The van der Waals surface area contributed by atoms with E-state index in [1.165, 1.54) is 0 Å². The Morgan fingerprint density at radius 1 is 1.48 bits per heavy atom. The number of likely N-dealkylation sites (tertiary alicyclic amines) is 1. The van der Waals surface area contributed by atoms with Crippen LogP contribution in [0.5, 0.6) is 0 Å². The van der Waals surface area contributed by atoms with Gasteiger partial charge in [0.2, 0.25) is 0 Å². The SMILES string of the molecule is CCO[C@H]1CCCN(C(=O)c2cc(-c3ccccc3Cl)on2)C1. The number of nitrogens with zero attached hydrogens (tertiary/aromatic N) is 2. The lowest BCUT2D eigenvalue weighted by Gasteiger charge is -2.31. The van der Waals surface area contributed by atoms with Crippen LogP contribution >= 0.6 is 11.6 Å². The molecule has 0 radical (unpaired) electrons. The van der Waals surface area contributed by atoms with E-state index < -0.39 is 0 Å². The highest BCUT2D eigenvalue weighted by Gasteiger charge is 2.27. The minimum absolute atomic E-state index is 0.104. The smallest absolute Gasteiger partial charge is 0.276 e. The molecule has 6 heteroatoms. The molecule has 122 valence electrons. The largest absolute Gasteiger partial charge is 0.377 e. The van der Waals surface area contributed by atoms with Gasteiger partial charge in [-0.05, 0) is 31.9 Å². The molecule has 0 N–H and O–H groups in total. The summed E-state index contributed by atoms with van der Waals surface area (Å²) in [5.74, 6) is 0.369.